The number of rotatable bonds is 6. The van der Waals surface area contributed by atoms with Gasteiger partial charge in [-0.2, -0.15) is 13.2 Å². The molecule has 3 aromatic rings. The van der Waals surface area contributed by atoms with Crippen molar-refractivity contribution < 1.29 is 22.7 Å². The fourth-order valence-electron chi connectivity index (χ4n) is 3.89. The van der Waals surface area contributed by atoms with Crippen molar-refractivity contribution in [2.24, 2.45) is 0 Å². The van der Waals surface area contributed by atoms with E-state index in [-0.39, 0.29) is 5.91 Å². The smallest absolute Gasteiger partial charge is 0.416 e. The summed E-state index contributed by atoms with van der Waals surface area (Å²) in [7, 11) is 0. The Morgan fingerprint density at radius 3 is 2.26 bits per heavy atom. The molecule has 0 saturated carbocycles. The van der Waals surface area contributed by atoms with E-state index in [4.69, 9.17) is 4.74 Å². The van der Waals surface area contributed by atoms with E-state index in [1.165, 1.54) is 12.1 Å². The van der Waals surface area contributed by atoms with Gasteiger partial charge in [-0.1, -0.05) is 46.3 Å². The highest BCUT2D eigenvalue weighted by atomic mass is 79.9. The molecule has 1 aliphatic rings. The Morgan fingerprint density at radius 1 is 0.882 bits per heavy atom. The van der Waals surface area contributed by atoms with Crippen LogP contribution < -0.4 is 4.74 Å². The molecule has 1 amide bonds. The van der Waals surface area contributed by atoms with E-state index in [2.05, 4.69) is 20.8 Å². The molecule has 3 aromatic carbocycles. The van der Waals surface area contributed by atoms with Crippen LogP contribution in [0.2, 0.25) is 0 Å². The molecule has 1 aliphatic heterocycles. The highest BCUT2D eigenvalue weighted by Crippen LogP contribution is 2.30. The minimum Gasteiger partial charge on any atom is -0.489 e. The molecule has 4 nitrogen and oxygen atoms in total. The van der Waals surface area contributed by atoms with Gasteiger partial charge in [0.05, 0.1) is 5.56 Å². The molecule has 0 unspecified atom stereocenters. The maximum absolute atomic E-state index is 13.0. The van der Waals surface area contributed by atoms with Crippen LogP contribution in [-0.2, 0) is 19.3 Å². The molecule has 0 bridgehead atoms. The lowest BCUT2D eigenvalue weighted by Crippen LogP contribution is -2.48. The summed E-state index contributed by atoms with van der Waals surface area (Å²) >= 11 is 3.39. The van der Waals surface area contributed by atoms with E-state index in [0.717, 1.165) is 21.9 Å². The summed E-state index contributed by atoms with van der Waals surface area (Å²) in [6.07, 6.45) is -4.35. The van der Waals surface area contributed by atoms with Crippen LogP contribution in [-0.4, -0.2) is 41.9 Å². The zero-order valence-corrected chi connectivity index (χ0v) is 20.0. The second-order valence-electron chi connectivity index (χ2n) is 8.21. The Labute approximate surface area is 205 Å². The van der Waals surface area contributed by atoms with Crippen molar-refractivity contribution >= 4 is 21.8 Å². The quantitative estimate of drug-likeness (QED) is 0.390. The number of halogens is 4. The number of piperazine rings is 1. The lowest BCUT2D eigenvalue weighted by molar-refractivity contribution is -0.137. The molecule has 0 spiro atoms. The minimum atomic E-state index is -4.35. The molecule has 8 heteroatoms. The molecule has 0 N–H and O–H groups in total. The lowest BCUT2D eigenvalue weighted by Gasteiger charge is -2.35. The van der Waals surface area contributed by atoms with Crippen LogP contribution in [0.4, 0.5) is 13.2 Å². The summed E-state index contributed by atoms with van der Waals surface area (Å²) < 4.78 is 45.7. The van der Waals surface area contributed by atoms with Crippen molar-refractivity contribution in [3.63, 3.8) is 0 Å². The van der Waals surface area contributed by atoms with Crippen LogP contribution in [0.1, 0.15) is 27.0 Å². The summed E-state index contributed by atoms with van der Waals surface area (Å²) in [5, 5.41) is 0. The number of nitrogens with zero attached hydrogens (tertiary/aromatic N) is 2. The zero-order chi connectivity index (χ0) is 24.1. The number of hydrogen-bond donors (Lipinski definition) is 0. The summed E-state index contributed by atoms with van der Waals surface area (Å²) in [6.45, 7) is 3.04. The highest BCUT2D eigenvalue weighted by Gasteiger charge is 2.30. The number of hydrogen-bond acceptors (Lipinski definition) is 3. The van der Waals surface area contributed by atoms with E-state index < -0.39 is 11.7 Å². The van der Waals surface area contributed by atoms with Gasteiger partial charge in [0.1, 0.15) is 12.4 Å². The summed E-state index contributed by atoms with van der Waals surface area (Å²) in [5.74, 6) is 0.695. The number of carbonyl (C=O) groups excluding carboxylic acids is 1. The predicted octanol–water partition coefficient (Wildman–Crippen LogP) is 6.00. The highest BCUT2D eigenvalue weighted by molar-refractivity contribution is 9.10. The Hall–Kier alpha value is -2.84. The molecule has 1 fully saturated rings. The Morgan fingerprint density at radius 2 is 1.56 bits per heavy atom. The van der Waals surface area contributed by atoms with Crippen LogP contribution in [0.15, 0.2) is 77.3 Å². The first kappa shape index (κ1) is 24.3. The van der Waals surface area contributed by atoms with Crippen LogP contribution in [0, 0.1) is 0 Å². The number of alkyl halides is 3. The second-order valence-corrected chi connectivity index (χ2v) is 9.13. The number of carbonyl (C=O) groups is 1. The van der Waals surface area contributed by atoms with Crippen LogP contribution in [0.3, 0.4) is 0 Å². The van der Waals surface area contributed by atoms with Gasteiger partial charge in [-0.15, -0.1) is 0 Å². The topological polar surface area (TPSA) is 32.8 Å². The SMILES string of the molecule is O=C(c1cccc(COc2ccc(Br)cc2)c1)N1CCN(Cc2cccc(C(F)(F)F)c2)CC1. The zero-order valence-electron chi connectivity index (χ0n) is 18.4. The van der Waals surface area contributed by atoms with Gasteiger partial charge < -0.3 is 9.64 Å². The molecule has 0 aromatic heterocycles. The molecule has 4 rings (SSSR count). The van der Waals surface area contributed by atoms with Gasteiger partial charge in [-0.05, 0) is 53.6 Å². The average molecular weight is 533 g/mol. The van der Waals surface area contributed by atoms with Crippen LogP contribution >= 0.6 is 15.9 Å². The lowest BCUT2D eigenvalue weighted by atomic mass is 10.1. The van der Waals surface area contributed by atoms with Gasteiger partial charge in [0, 0.05) is 42.8 Å². The van der Waals surface area contributed by atoms with Crippen LogP contribution in [0.25, 0.3) is 0 Å². The first-order valence-electron chi connectivity index (χ1n) is 10.9. The van der Waals surface area contributed by atoms with Gasteiger partial charge in [-0.25, -0.2) is 0 Å². The van der Waals surface area contributed by atoms with Gasteiger partial charge in [0.15, 0.2) is 0 Å². The summed E-state index contributed by atoms with van der Waals surface area (Å²) in [4.78, 5) is 16.9. The molecule has 0 aliphatic carbocycles. The number of amides is 1. The summed E-state index contributed by atoms with van der Waals surface area (Å²) in [6, 6.07) is 20.4. The molecular formula is C26H24BrF3N2O2. The Kier molecular flexibility index (Phi) is 7.58. The third kappa shape index (κ3) is 6.39. The third-order valence-electron chi connectivity index (χ3n) is 5.71. The fraction of sp³-hybridized carbons (Fsp3) is 0.269. The van der Waals surface area contributed by atoms with E-state index in [1.54, 1.807) is 17.0 Å². The van der Waals surface area contributed by atoms with Crippen LogP contribution in [0.5, 0.6) is 5.75 Å². The van der Waals surface area contributed by atoms with Gasteiger partial charge in [0.25, 0.3) is 5.91 Å². The first-order chi connectivity index (χ1) is 16.3. The first-order valence-corrected chi connectivity index (χ1v) is 11.7. The van der Waals surface area contributed by atoms with E-state index in [1.807, 2.05) is 42.5 Å². The number of ether oxygens (including phenoxy) is 1. The molecule has 0 atom stereocenters. The molecular weight excluding hydrogens is 509 g/mol. The number of benzene rings is 3. The third-order valence-corrected chi connectivity index (χ3v) is 6.24. The van der Waals surface area contributed by atoms with E-state index in [0.29, 0.717) is 50.5 Å². The van der Waals surface area contributed by atoms with Crippen molar-refractivity contribution in [2.75, 3.05) is 26.2 Å². The van der Waals surface area contributed by atoms with Gasteiger partial charge in [0.2, 0.25) is 0 Å². The molecule has 0 radical (unpaired) electrons. The largest absolute Gasteiger partial charge is 0.489 e. The minimum absolute atomic E-state index is 0.0517. The van der Waals surface area contributed by atoms with E-state index >= 15 is 0 Å². The normalized spacial score (nSPS) is 14.8. The van der Waals surface area contributed by atoms with Gasteiger partial charge in [-0.3, -0.25) is 9.69 Å². The van der Waals surface area contributed by atoms with Crippen molar-refractivity contribution in [1.82, 2.24) is 9.80 Å². The molecule has 1 heterocycles. The molecule has 178 valence electrons. The Balaban J connectivity index is 1.31. The molecule has 34 heavy (non-hydrogen) atoms. The van der Waals surface area contributed by atoms with Crippen molar-refractivity contribution in [1.29, 1.82) is 0 Å². The Bertz CT molecular complexity index is 1130. The van der Waals surface area contributed by atoms with Gasteiger partial charge >= 0.3 is 6.18 Å². The van der Waals surface area contributed by atoms with Crippen molar-refractivity contribution in [3.05, 3.63) is 99.5 Å². The average Bonchev–Trinajstić information content (AvgIpc) is 2.84. The maximum atomic E-state index is 13.0. The summed E-state index contributed by atoms with van der Waals surface area (Å²) in [5.41, 5.74) is 1.48. The van der Waals surface area contributed by atoms with Crippen molar-refractivity contribution in [3.8, 4) is 5.75 Å². The second kappa shape index (κ2) is 10.6. The monoisotopic (exact) mass is 532 g/mol. The fourth-order valence-corrected chi connectivity index (χ4v) is 4.15. The standard InChI is InChI=1S/C26H24BrF3N2O2/c27-23-7-9-24(10-8-23)34-18-20-4-1-5-21(15-20)25(33)32-13-11-31(12-14-32)17-19-3-2-6-22(16-19)26(28,29)30/h1-10,15-16H,11-14,17-18H2. The maximum Gasteiger partial charge on any atom is 0.416 e. The predicted molar refractivity (Wildman–Crippen MR) is 128 cm³/mol. The molecule has 1 saturated heterocycles. The van der Waals surface area contributed by atoms with Crippen molar-refractivity contribution in [2.45, 2.75) is 19.3 Å². The van der Waals surface area contributed by atoms with E-state index in [9.17, 15) is 18.0 Å².